The van der Waals surface area contributed by atoms with Gasteiger partial charge in [-0.1, -0.05) is 68.4 Å². The molecule has 3 aromatic rings. The predicted octanol–water partition coefficient (Wildman–Crippen LogP) is 3.11. The summed E-state index contributed by atoms with van der Waals surface area (Å²) in [5.41, 5.74) is 2.84. The van der Waals surface area contributed by atoms with Gasteiger partial charge in [-0.2, -0.15) is 10.5 Å². The zero-order valence-electron chi connectivity index (χ0n) is 15.7. The highest BCUT2D eigenvalue weighted by Crippen LogP contribution is 2.14. The van der Waals surface area contributed by atoms with E-state index in [0.29, 0.717) is 21.7 Å². The molecule has 0 fully saturated rings. The Kier molecular flexibility index (Phi) is 5.89. The number of aromatic nitrogens is 1. The summed E-state index contributed by atoms with van der Waals surface area (Å²) in [5.74, 6) is 0.439. The SMILES string of the molecule is CC(C)c1ccc(C=c2sc(=C(C#N)C#N)n(Cc3ccccc3)c2=O)cc1. The number of nitriles is 2. The van der Waals surface area contributed by atoms with Gasteiger partial charge in [0.2, 0.25) is 0 Å². The molecule has 3 rings (SSSR count). The van der Waals surface area contributed by atoms with E-state index in [2.05, 4.69) is 26.0 Å². The molecule has 2 aromatic carbocycles. The molecule has 0 saturated carbocycles. The first-order valence-electron chi connectivity index (χ1n) is 8.93. The number of hydrogen-bond acceptors (Lipinski definition) is 4. The van der Waals surface area contributed by atoms with E-state index in [1.54, 1.807) is 0 Å². The van der Waals surface area contributed by atoms with Crippen molar-refractivity contribution >= 4 is 23.0 Å². The van der Waals surface area contributed by atoms with Gasteiger partial charge in [-0.3, -0.25) is 9.36 Å². The molecule has 1 heterocycles. The summed E-state index contributed by atoms with van der Waals surface area (Å²) in [5, 5.41) is 18.6. The van der Waals surface area contributed by atoms with E-state index in [4.69, 9.17) is 0 Å². The third kappa shape index (κ3) is 4.11. The van der Waals surface area contributed by atoms with Crippen LogP contribution in [0.15, 0.2) is 59.4 Å². The molecule has 0 aliphatic heterocycles. The van der Waals surface area contributed by atoms with E-state index in [9.17, 15) is 15.3 Å². The van der Waals surface area contributed by atoms with Gasteiger partial charge in [0.25, 0.3) is 5.56 Å². The van der Waals surface area contributed by atoms with Gasteiger partial charge < -0.3 is 0 Å². The largest absolute Gasteiger partial charge is 0.293 e. The van der Waals surface area contributed by atoms with Gasteiger partial charge >= 0.3 is 0 Å². The molecule has 0 spiro atoms. The van der Waals surface area contributed by atoms with Crippen LogP contribution in [0.3, 0.4) is 0 Å². The Morgan fingerprint density at radius 2 is 1.71 bits per heavy atom. The first kappa shape index (κ1) is 19.4. The van der Waals surface area contributed by atoms with Crippen LogP contribution in [0, 0.1) is 22.7 Å². The summed E-state index contributed by atoms with van der Waals surface area (Å²) >= 11 is 1.18. The molecule has 28 heavy (non-hydrogen) atoms. The van der Waals surface area contributed by atoms with Crippen molar-refractivity contribution in [2.45, 2.75) is 26.3 Å². The zero-order chi connectivity index (χ0) is 20.1. The van der Waals surface area contributed by atoms with E-state index in [0.717, 1.165) is 11.1 Å². The lowest BCUT2D eigenvalue weighted by atomic mass is 10.0. The molecule has 0 unspecified atom stereocenters. The highest BCUT2D eigenvalue weighted by molar-refractivity contribution is 7.07. The molecule has 0 amide bonds. The summed E-state index contributed by atoms with van der Waals surface area (Å²) in [6.45, 7) is 4.58. The topological polar surface area (TPSA) is 69.6 Å². The maximum absolute atomic E-state index is 13.0. The van der Waals surface area contributed by atoms with Crippen molar-refractivity contribution in [1.29, 1.82) is 10.5 Å². The van der Waals surface area contributed by atoms with Crippen molar-refractivity contribution < 1.29 is 0 Å². The molecular weight excluding hydrogens is 366 g/mol. The lowest BCUT2D eigenvalue weighted by molar-refractivity contribution is 0.754. The van der Waals surface area contributed by atoms with Crippen LogP contribution in [0.2, 0.25) is 0 Å². The number of thiazole rings is 1. The smallest absolute Gasteiger partial charge is 0.269 e. The van der Waals surface area contributed by atoms with Crippen LogP contribution >= 0.6 is 11.3 Å². The van der Waals surface area contributed by atoms with Crippen molar-refractivity contribution in [2.75, 3.05) is 0 Å². The Bertz CT molecular complexity index is 1220. The van der Waals surface area contributed by atoms with Gasteiger partial charge in [0, 0.05) is 0 Å². The van der Waals surface area contributed by atoms with Gasteiger partial charge in [0.15, 0.2) is 5.57 Å². The Balaban J connectivity index is 2.18. The average molecular weight is 385 g/mol. The second-order valence-electron chi connectivity index (χ2n) is 6.71. The zero-order valence-corrected chi connectivity index (χ0v) is 16.5. The Hall–Kier alpha value is -3.41. The first-order chi connectivity index (χ1) is 13.5. The Labute approximate surface area is 167 Å². The third-order valence-corrected chi connectivity index (χ3v) is 5.56. The molecule has 0 radical (unpaired) electrons. The van der Waals surface area contributed by atoms with Crippen molar-refractivity contribution in [3.63, 3.8) is 0 Å². The van der Waals surface area contributed by atoms with E-state index < -0.39 is 0 Å². The second-order valence-corrected chi connectivity index (χ2v) is 7.74. The molecule has 4 nitrogen and oxygen atoms in total. The standard InChI is InChI=1S/C23H19N3OS/c1-16(2)19-10-8-17(9-11-19)12-21-22(27)26(15-18-6-4-3-5-7-18)23(28-21)20(13-24)14-25/h3-12,16H,15H2,1-2H3. The van der Waals surface area contributed by atoms with Crippen LogP contribution in [0.5, 0.6) is 0 Å². The van der Waals surface area contributed by atoms with Crippen LogP contribution in [-0.4, -0.2) is 4.57 Å². The minimum Gasteiger partial charge on any atom is -0.293 e. The fourth-order valence-corrected chi connectivity index (χ4v) is 3.92. The van der Waals surface area contributed by atoms with Crippen LogP contribution in [0.4, 0.5) is 0 Å². The van der Waals surface area contributed by atoms with E-state index in [1.165, 1.54) is 21.5 Å². The second kappa shape index (κ2) is 8.52. The number of benzene rings is 2. The molecule has 138 valence electrons. The van der Waals surface area contributed by atoms with Crippen LogP contribution in [0.1, 0.15) is 36.5 Å². The quantitative estimate of drug-likeness (QED) is 0.693. The summed E-state index contributed by atoms with van der Waals surface area (Å²) < 4.78 is 2.41. The minimum absolute atomic E-state index is 0.0483. The Morgan fingerprint density at radius 3 is 2.29 bits per heavy atom. The lowest BCUT2D eigenvalue weighted by Crippen LogP contribution is -2.32. The number of rotatable bonds is 4. The molecule has 0 saturated heterocycles. The van der Waals surface area contributed by atoms with E-state index in [1.807, 2.05) is 60.7 Å². The fraction of sp³-hybridized carbons (Fsp3) is 0.174. The molecule has 1 aromatic heterocycles. The van der Waals surface area contributed by atoms with Gasteiger partial charge in [-0.25, -0.2) is 0 Å². The lowest BCUT2D eigenvalue weighted by Gasteiger charge is -2.04. The maximum Gasteiger partial charge on any atom is 0.269 e. The van der Waals surface area contributed by atoms with Crippen molar-refractivity contribution in [3.05, 3.63) is 90.8 Å². The molecule has 0 aliphatic rings. The van der Waals surface area contributed by atoms with Gasteiger partial charge in [-0.05, 0) is 28.7 Å². The van der Waals surface area contributed by atoms with Crippen LogP contribution < -0.4 is 14.8 Å². The van der Waals surface area contributed by atoms with Crippen LogP contribution in [-0.2, 0) is 6.54 Å². The fourth-order valence-electron chi connectivity index (χ4n) is 2.86. The predicted molar refractivity (Wildman–Crippen MR) is 112 cm³/mol. The number of hydrogen-bond donors (Lipinski definition) is 0. The molecule has 0 atom stereocenters. The van der Waals surface area contributed by atoms with Crippen molar-refractivity contribution in [1.82, 2.24) is 4.57 Å². The molecule has 0 N–H and O–H groups in total. The normalized spacial score (nSPS) is 11.2. The first-order valence-corrected chi connectivity index (χ1v) is 9.75. The van der Waals surface area contributed by atoms with Crippen LogP contribution in [0.25, 0.3) is 11.6 Å². The molecular formula is C23H19N3OS. The summed E-state index contributed by atoms with van der Waals surface area (Å²) in [7, 11) is 0. The van der Waals surface area contributed by atoms with Gasteiger partial charge in [0.05, 0.1) is 11.1 Å². The van der Waals surface area contributed by atoms with E-state index >= 15 is 0 Å². The minimum atomic E-state index is -0.195. The number of nitrogens with zero attached hydrogens (tertiary/aromatic N) is 3. The summed E-state index contributed by atoms with van der Waals surface area (Å²) in [4.78, 5) is 13.0. The third-order valence-electron chi connectivity index (χ3n) is 4.43. The highest BCUT2D eigenvalue weighted by Gasteiger charge is 2.10. The monoisotopic (exact) mass is 385 g/mol. The average Bonchev–Trinajstić information content (AvgIpc) is 3.00. The Morgan fingerprint density at radius 1 is 1.07 bits per heavy atom. The van der Waals surface area contributed by atoms with Crippen molar-refractivity contribution in [3.8, 4) is 12.1 Å². The van der Waals surface area contributed by atoms with Crippen molar-refractivity contribution in [2.24, 2.45) is 0 Å². The molecule has 0 aliphatic carbocycles. The summed E-state index contributed by atoms with van der Waals surface area (Å²) in [6, 6.07) is 21.4. The van der Waals surface area contributed by atoms with Gasteiger partial charge in [0.1, 0.15) is 16.8 Å². The highest BCUT2D eigenvalue weighted by atomic mass is 32.1. The van der Waals surface area contributed by atoms with E-state index in [-0.39, 0.29) is 11.1 Å². The molecule has 5 heteroatoms. The maximum atomic E-state index is 13.0. The summed E-state index contributed by atoms with van der Waals surface area (Å²) in [6.07, 6.45) is 1.81. The molecule has 0 bridgehead atoms. The van der Waals surface area contributed by atoms with Gasteiger partial charge in [-0.15, -0.1) is 11.3 Å².